The smallest absolute Gasteiger partial charge is 0.240 e. The normalized spacial score (nSPS) is 23.1. The van der Waals surface area contributed by atoms with Crippen LogP contribution in [0.25, 0.3) is 0 Å². The molecule has 0 bridgehead atoms. The first-order valence-corrected chi connectivity index (χ1v) is 8.33. The van der Waals surface area contributed by atoms with Gasteiger partial charge in [-0.1, -0.05) is 6.07 Å². The van der Waals surface area contributed by atoms with Crippen molar-refractivity contribution in [2.75, 3.05) is 13.2 Å². The van der Waals surface area contributed by atoms with Crippen molar-refractivity contribution in [2.45, 2.75) is 37.8 Å². The Kier molecular flexibility index (Phi) is 4.80. The SMILES string of the molecule is Cc1cc(S(=O)(=O)NCC2CCOC2C)ccc1CN. The molecule has 1 aliphatic rings. The molecule has 0 aliphatic carbocycles. The number of sulfonamides is 1. The maximum atomic E-state index is 12.3. The highest BCUT2D eigenvalue weighted by Gasteiger charge is 2.26. The van der Waals surface area contributed by atoms with E-state index in [4.69, 9.17) is 10.5 Å². The van der Waals surface area contributed by atoms with Gasteiger partial charge in [-0.05, 0) is 43.5 Å². The van der Waals surface area contributed by atoms with Crippen LogP contribution in [0.1, 0.15) is 24.5 Å². The molecular weight excluding hydrogens is 276 g/mol. The van der Waals surface area contributed by atoms with E-state index in [9.17, 15) is 8.42 Å². The van der Waals surface area contributed by atoms with Gasteiger partial charge in [-0.3, -0.25) is 0 Å². The second-order valence-corrected chi connectivity index (χ2v) is 7.04. The Balaban J connectivity index is 2.08. The molecule has 1 aliphatic heterocycles. The third-order valence-corrected chi connectivity index (χ3v) is 5.33. The number of aryl methyl sites for hydroxylation is 1. The van der Waals surface area contributed by atoms with Gasteiger partial charge >= 0.3 is 0 Å². The molecule has 0 saturated carbocycles. The summed E-state index contributed by atoms with van der Waals surface area (Å²) in [5.74, 6) is 0.245. The zero-order valence-corrected chi connectivity index (χ0v) is 12.7. The molecule has 5 nitrogen and oxygen atoms in total. The summed E-state index contributed by atoms with van der Waals surface area (Å²) in [7, 11) is -3.47. The number of hydrogen-bond donors (Lipinski definition) is 2. The number of hydrogen-bond acceptors (Lipinski definition) is 4. The van der Waals surface area contributed by atoms with E-state index in [1.165, 1.54) is 0 Å². The van der Waals surface area contributed by atoms with Gasteiger partial charge in [-0.25, -0.2) is 13.1 Å². The van der Waals surface area contributed by atoms with Crippen LogP contribution >= 0.6 is 0 Å². The molecule has 2 unspecified atom stereocenters. The summed E-state index contributed by atoms with van der Waals surface area (Å²) in [4.78, 5) is 0.291. The van der Waals surface area contributed by atoms with E-state index < -0.39 is 10.0 Å². The molecule has 1 fully saturated rings. The van der Waals surface area contributed by atoms with E-state index in [2.05, 4.69) is 4.72 Å². The Morgan fingerprint density at radius 3 is 2.75 bits per heavy atom. The summed E-state index contributed by atoms with van der Waals surface area (Å²) >= 11 is 0. The average Bonchev–Trinajstić information content (AvgIpc) is 2.82. The topological polar surface area (TPSA) is 81.4 Å². The van der Waals surface area contributed by atoms with E-state index >= 15 is 0 Å². The number of benzene rings is 1. The summed E-state index contributed by atoms with van der Waals surface area (Å²) in [6, 6.07) is 5.04. The lowest BCUT2D eigenvalue weighted by molar-refractivity contribution is 0.107. The second kappa shape index (κ2) is 6.22. The lowest BCUT2D eigenvalue weighted by Crippen LogP contribution is -2.32. The molecule has 1 heterocycles. The van der Waals surface area contributed by atoms with Gasteiger partial charge in [0.1, 0.15) is 0 Å². The molecule has 0 spiro atoms. The fourth-order valence-electron chi connectivity index (χ4n) is 2.41. The van der Waals surface area contributed by atoms with Crippen LogP contribution in [0.5, 0.6) is 0 Å². The highest BCUT2D eigenvalue weighted by atomic mass is 32.2. The molecule has 6 heteroatoms. The highest BCUT2D eigenvalue weighted by Crippen LogP contribution is 2.21. The lowest BCUT2D eigenvalue weighted by Gasteiger charge is -2.15. The summed E-state index contributed by atoms with van der Waals surface area (Å²) in [5, 5.41) is 0. The minimum Gasteiger partial charge on any atom is -0.378 e. The molecule has 2 rings (SSSR count). The Labute approximate surface area is 120 Å². The maximum absolute atomic E-state index is 12.3. The molecule has 3 N–H and O–H groups in total. The molecule has 0 aromatic heterocycles. The van der Waals surface area contributed by atoms with Gasteiger partial charge in [0, 0.05) is 25.6 Å². The van der Waals surface area contributed by atoms with E-state index in [-0.39, 0.29) is 12.0 Å². The minimum atomic E-state index is -3.47. The monoisotopic (exact) mass is 298 g/mol. The third kappa shape index (κ3) is 3.38. The van der Waals surface area contributed by atoms with Crippen LogP contribution in [0.4, 0.5) is 0 Å². The summed E-state index contributed by atoms with van der Waals surface area (Å²) in [6.07, 6.45) is 1.01. The standard InChI is InChI=1S/C14H22N2O3S/c1-10-7-14(4-3-12(10)8-15)20(17,18)16-9-13-5-6-19-11(13)2/h3-4,7,11,13,16H,5-6,8-9,15H2,1-2H3. The fraction of sp³-hybridized carbons (Fsp3) is 0.571. The van der Waals surface area contributed by atoms with Gasteiger partial charge in [0.15, 0.2) is 0 Å². The second-order valence-electron chi connectivity index (χ2n) is 5.27. The average molecular weight is 298 g/mol. The Bertz CT molecular complexity index is 572. The van der Waals surface area contributed by atoms with Crippen molar-refractivity contribution in [1.82, 2.24) is 4.72 Å². The first-order valence-electron chi connectivity index (χ1n) is 6.85. The van der Waals surface area contributed by atoms with Crippen LogP contribution < -0.4 is 10.5 Å². The minimum absolute atomic E-state index is 0.110. The zero-order chi connectivity index (χ0) is 14.8. The summed E-state index contributed by atoms with van der Waals surface area (Å²) in [5.41, 5.74) is 7.44. The van der Waals surface area contributed by atoms with Crippen LogP contribution in [0.3, 0.4) is 0 Å². The van der Waals surface area contributed by atoms with Crippen molar-refractivity contribution in [1.29, 1.82) is 0 Å². The molecular formula is C14H22N2O3S. The summed E-state index contributed by atoms with van der Waals surface area (Å²) < 4.78 is 32.6. The van der Waals surface area contributed by atoms with Gasteiger partial charge in [0.25, 0.3) is 0 Å². The zero-order valence-electron chi connectivity index (χ0n) is 11.9. The summed E-state index contributed by atoms with van der Waals surface area (Å²) in [6.45, 7) is 5.38. The van der Waals surface area contributed by atoms with Crippen LogP contribution in [0.2, 0.25) is 0 Å². The van der Waals surface area contributed by atoms with Crippen molar-refractivity contribution in [3.05, 3.63) is 29.3 Å². The molecule has 1 aromatic carbocycles. The Hall–Kier alpha value is -0.950. The molecule has 1 saturated heterocycles. The first kappa shape index (κ1) is 15.4. The van der Waals surface area contributed by atoms with Crippen molar-refractivity contribution in [3.8, 4) is 0 Å². The molecule has 1 aromatic rings. The van der Waals surface area contributed by atoms with Crippen molar-refractivity contribution >= 4 is 10.0 Å². The number of nitrogens with two attached hydrogens (primary N) is 1. The fourth-order valence-corrected chi connectivity index (χ4v) is 3.59. The Morgan fingerprint density at radius 1 is 1.45 bits per heavy atom. The predicted molar refractivity (Wildman–Crippen MR) is 77.8 cm³/mol. The first-order chi connectivity index (χ1) is 9.44. The van der Waals surface area contributed by atoms with E-state index in [0.717, 1.165) is 17.5 Å². The molecule has 0 amide bonds. The van der Waals surface area contributed by atoms with Crippen molar-refractivity contribution in [2.24, 2.45) is 11.7 Å². The number of ether oxygens (including phenoxy) is 1. The number of nitrogens with one attached hydrogen (secondary N) is 1. The molecule has 2 atom stereocenters. The van der Waals surface area contributed by atoms with E-state index in [0.29, 0.717) is 24.6 Å². The highest BCUT2D eigenvalue weighted by molar-refractivity contribution is 7.89. The van der Waals surface area contributed by atoms with Crippen LogP contribution in [-0.2, 0) is 21.3 Å². The molecule has 0 radical (unpaired) electrons. The van der Waals surface area contributed by atoms with Crippen LogP contribution in [0, 0.1) is 12.8 Å². The van der Waals surface area contributed by atoms with Crippen LogP contribution in [0.15, 0.2) is 23.1 Å². The third-order valence-electron chi connectivity index (χ3n) is 3.91. The predicted octanol–water partition coefficient (Wildman–Crippen LogP) is 1.16. The number of rotatable bonds is 5. The lowest BCUT2D eigenvalue weighted by atomic mass is 10.0. The van der Waals surface area contributed by atoms with Crippen LogP contribution in [-0.4, -0.2) is 27.7 Å². The van der Waals surface area contributed by atoms with Gasteiger partial charge < -0.3 is 10.5 Å². The van der Waals surface area contributed by atoms with E-state index in [1.54, 1.807) is 18.2 Å². The van der Waals surface area contributed by atoms with Crippen molar-refractivity contribution < 1.29 is 13.2 Å². The maximum Gasteiger partial charge on any atom is 0.240 e. The van der Waals surface area contributed by atoms with Gasteiger partial charge in [-0.2, -0.15) is 0 Å². The quantitative estimate of drug-likeness (QED) is 0.854. The van der Waals surface area contributed by atoms with Crippen molar-refractivity contribution in [3.63, 3.8) is 0 Å². The largest absolute Gasteiger partial charge is 0.378 e. The molecule has 20 heavy (non-hydrogen) atoms. The van der Waals surface area contributed by atoms with Gasteiger partial charge in [0.2, 0.25) is 10.0 Å². The Morgan fingerprint density at radius 2 is 2.20 bits per heavy atom. The molecule has 112 valence electrons. The van der Waals surface area contributed by atoms with E-state index in [1.807, 2.05) is 13.8 Å². The van der Waals surface area contributed by atoms with Gasteiger partial charge in [0.05, 0.1) is 11.0 Å². The van der Waals surface area contributed by atoms with Gasteiger partial charge in [-0.15, -0.1) is 0 Å².